The molecule has 0 saturated heterocycles. The van der Waals surface area contributed by atoms with Crippen molar-refractivity contribution in [3.8, 4) is 17.1 Å². The lowest BCUT2D eigenvalue weighted by molar-refractivity contribution is 0.100. The normalized spacial score (nSPS) is 10.7. The Morgan fingerprint density at radius 2 is 2.00 bits per heavy atom. The molecule has 0 saturated carbocycles. The highest BCUT2D eigenvalue weighted by molar-refractivity contribution is 6.04. The van der Waals surface area contributed by atoms with Gasteiger partial charge in [-0.1, -0.05) is 18.2 Å². The lowest BCUT2D eigenvalue weighted by atomic mass is 10.1. The minimum Gasteiger partial charge on any atom is -0.493 e. The number of ether oxygens (including phenoxy) is 1. The molecule has 0 aliphatic heterocycles. The summed E-state index contributed by atoms with van der Waals surface area (Å²) in [5, 5.41) is 0.318. The number of hydrogen-bond acceptors (Lipinski definition) is 4. The quantitative estimate of drug-likeness (QED) is 0.771. The van der Waals surface area contributed by atoms with Gasteiger partial charge in [-0.3, -0.25) is 9.59 Å². The van der Waals surface area contributed by atoms with Gasteiger partial charge < -0.3 is 15.5 Å². The highest BCUT2D eigenvalue weighted by Gasteiger charge is 2.14. The number of carbonyl (C=O) groups excluding carboxylic acids is 1. The maximum Gasteiger partial charge on any atom is 0.259 e. The van der Waals surface area contributed by atoms with Crippen molar-refractivity contribution in [3.05, 3.63) is 58.4 Å². The summed E-state index contributed by atoms with van der Waals surface area (Å²) in [4.78, 5) is 31.1. The van der Waals surface area contributed by atoms with Gasteiger partial charge in [0, 0.05) is 0 Å². The summed E-state index contributed by atoms with van der Waals surface area (Å²) in [5.41, 5.74) is 6.19. The Labute approximate surface area is 131 Å². The van der Waals surface area contributed by atoms with Gasteiger partial charge in [-0.05, 0) is 31.2 Å². The summed E-state index contributed by atoms with van der Waals surface area (Å²) in [6.07, 6.45) is 0. The first-order valence-electron chi connectivity index (χ1n) is 7.17. The van der Waals surface area contributed by atoms with E-state index in [4.69, 9.17) is 10.5 Å². The summed E-state index contributed by atoms with van der Waals surface area (Å²) in [6.45, 7) is 2.36. The smallest absolute Gasteiger partial charge is 0.259 e. The lowest BCUT2D eigenvalue weighted by Gasteiger charge is -2.10. The molecule has 0 unspecified atom stereocenters. The van der Waals surface area contributed by atoms with Crippen LogP contribution < -0.4 is 16.0 Å². The molecule has 23 heavy (non-hydrogen) atoms. The number of primary amides is 1. The summed E-state index contributed by atoms with van der Waals surface area (Å²) in [6, 6.07) is 12.0. The highest BCUT2D eigenvalue weighted by atomic mass is 16.5. The number of rotatable bonds is 4. The topological polar surface area (TPSA) is 98.1 Å². The molecule has 116 valence electrons. The van der Waals surface area contributed by atoms with Crippen molar-refractivity contribution >= 4 is 16.8 Å². The van der Waals surface area contributed by atoms with E-state index in [1.165, 1.54) is 0 Å². The molecule has 3 aromatic rings. The second kappa shape index (κ2) is 5.92. The number of carbonyl (C=O) groups is 1. The van der Waals surface area contributed by atoms with E-state index in [1.54, 1.807) is 30.3 Å². The fourth-order valence-corrected chi connectivity index (χ4v) is 2.43. The summed E-state index contributed by atoms with van der Waals surface area (Å²) >= 11 is 0. The van der Waals surface area contributed by atoms with E-state index in [-0.39, 0.29) is 16.6 Å². The molecule has 0 aliphatic rings. The van der Waals surface area contributed by atoms with Crippen LogP contribution in [-0.2, 0) is 0 Å². The van der Waals surface area contributed by atoms with Crippen molar-refractivity contribution in [2.45, 2.75) is 6.92 Å². The van der Waals surface area contributed by atoms with Gasteiger partial charge in [0.05, 0.1) is 28.6 Å². The van der Waals surface area contributed by atoms with Gasteiger partial charge >= 0.3 is 0 Å². The molecule has 1 aromatic heterocycles. The Hall–Kier alpha value is -3.15. The van der Waals surface area contributed by atoms with Gasteiger partial charge in [0.2, 0.25) is 0 Å². The number of H-pyrrole nitrogens is 1. The third-order valence-corrected chi connectivity index (χ3v) is 3.44. The maximum atomic E-state index is 12.3. The van der Waals surface area contributed by atoms with E-state index in [1.807, 2.05) is 19.1 Å². The molecule has 6 nitrogen and oxygen atoms in total. The van der Waals surface area contributed by atoms with Crippen molar-refractivity contribution in [3.63, 3.8) is 0 Å². The SMILES string of the molecule is CCOc1ccccc1-c1nc2c(C(N)=O)cccc2c(=O)[nH]1. The van der Waals surface area contributed by atoms with Gasteiger partial charge in [0.1, 0.15) is 11.6 Å². The Morgan fingerprint density at radius 1 is 1.22 bits per heavy atom. The number of nitrogens with two attached hydrogens (primary N) is 1. The predicted molar refractivity (Wildman–Crippen MR) is 87.5 cm³/mol. The fraction of sp³-hybridized carbons (Fsp3) is 0.118. The summed E-state index contributed by atoms with van der Waals surface area (Å²) in [5.74, 6) is 0.312. The van der Waals surface area contributed by atoms with Crippen LogP contribution in [-0.4, -0.2) is 22.5 Å². The molecule has 0 atom stereocenters. The van der Waals surface area contributed by atoms with Crippen LogP contribution in [0.25, 0.3) is 22.3 Å². The van der Waals surface area contributed by atoms with Gasteiger partial charge in [-0.15, -0.1) is 0 Å². The molecular weight excluding hydrogens is 294 g/mol. The molecule has 0 aliphatic carbocycles. The van der Waals surface area contributed by atoms with Gasteiger partial charge in [-0.25, -0.2) is 4.98 Å². The molecule has 0 fully saturated rings. The Kier molecular flexibility index (Phi) is 3.80. The highest BCUT2D eigenvalue weighted by Crippen LogP contribution is 2.27. The Bertz CT molecular complexity index is 947. The third-order valence-electron chi connectivity index (χ3n) is 3.44. The van der Waals surface area contributed by atoms with Gasteiger partial charge in [0.25, 0.3) is 11.5 Å². The number of aromatic amines is 1. The van der Waals surface area contributed by atoms with Crippen molar-refractivity contribution in [2.24, 2.45) is 5.73 Å². The average molecular weight is 309 g/mol. The lowest BCUT2D eigenvalue weighted by Crippen LogP contribution is -2.16. The molecule has 3 N–H and O–H groups in total. The van der Waals surface area contributed by atoms with Crippen LogP contribution in [0.5, 0.6) is 5.75 Å². The summed E-state index contributed by atoms with van der Waals surface area (Å²) in [7, 11) is 0. The number of fused-ring (bicyclic) bond motifs is 1. The Morgan fingerprint density at radius 3 is 2.74 bits per heavy atom. The number of nitrogens with zero attached hydrogens (tertiary/aromatic N) is 1. The van der Waals surface area contributed by atoms with E-state index < -0.39 is 5.91 Å². The van der Waals surface area contributed by atoms with Crippen LogP contribution in [0.3, 0.4) is 0 Å². The monoisotopic (exact) mass is 309 g/mol. The van der Waals surface area contributed by atoms with Crippen LogP contribution in [0.2, 0.25) is 0 Å². The molecule has 6 heteroatoms. The molecule has 0 spiro atoms. The molecule has 0 radical (unpaired) electrons. The fourth-order valence-electron chi connectivity index (χ4n) is 2.43. The van der Waals surface area contributed by atoms with E-state index in [0.29, 0.717) is 29.1 Å². The van der Waals surface area contributed by atoms with Crippen LogP contribution in [0.15, 0.2) is 47.3 Å². The maximum absolute atomic E-state index is 12.3. The van der Waals surface area contributed by atoms with Gasteiger partial charge in [0.15, 0.2) is 0 Å². The van der Waals surface area contributed by atoms with E-state index in [0.717, 1.165) is 0 Å². The van der Waals surface area contributed by atoms with Crippen molar-refractivity contribution in [1.82, 2.24) is 9.97 Å². The standard InChI is InChI=1S/C17H15N3O3/c1-2-23-13-9-4-3-6-10(13)16-19-14-11(15(18)21)7-5-8-12(14)17(22)20-16/h3-9H,2H2,1H3,(H2,18,21)(H,19,20,22). The zero-order chi connectivity index (χ0) is 16.4. The van der Waals surface area contributed by atoms with Crippen LogP contribution in [0.4, 0.5) is 0 Å². The number of hydrogen-bond donors (Lipinski definition) is 2. The molecule has 2 aromatic carbocycles. The largest absolute Gasteiger partial charge is 0.493 e. The van der Waals surface area contributed by atoms with Crippen molar-refractivity contribution in [1.29, 1.82) is 0 Å². The van der Waals surface area contributed by atoms with E-state index in [2.05, 4.69) is 9.97 Å². The summed E-state index contributed by atoms with van der Waals surface area (Å²) < 4.78 is 5.57. The molecule has 0 bridgehead atoms. The van der Waals surface area contributed by atoms with E-state index in [9.17, 15) is 9.59 Å². The first-order chi connectivity index (χ1) is 11.1. The van der Waals surface area contributed by atoms with Crippen LogP contribution in [0.1, 0.15) is 17.3 Å². The number of benzene rings is 2. The second-order valence-corrected chi connectivity index (χ2v) is 4.91. The number of aromatic nitrogens is 2. The first kappa shape index (κ1) is 14.8. The molecular formula is C17H15N3O3. The zero-order valence-electron chi connectivity index (χ0n) is 12.5. The second-order valence-electron chi connectivity index (χ2n) is 4.91. The van der Waals surface area contributed by atoms with E-state index >= 15 is 0 Å². The van der Waals surface area contributed by atoms with Crippen LogP contribution >= 0.6 is 0 Å². The first-order valence-corrected chi connectivity index (χ1v) is 7.17. The third kappa shape index (κ3) is 2.66. The number of amides is 1. The van der Waals surface area contributed by atoms with Gasteiger partial charge in [-0.2, -0.15) is 0 Å². The molecule has 3 rings (SSSR count). The minimum absolute atomic E-state index is 0.212. The number of para-hydroxylation sites is 2. The Balaban J connectivity index is 2.30. The molecule has 1 heterocycles. The molecule has 1 amide bonds. The predicted octanol–water partition coefficient (Wildman–Crippen LogP) is 2.09. The van der Waals surface area contributed by atoms with Crippen molar-refractivity contribution in [2.75, 3.05) is 6.61 Å². The zero-order valence-corrected chi connectivity index (χ0v) is 12.5. The number of nitrogens with one attached hydrogen (secondary N) is 1. The van der Waals surface area contributed by atoms with Crippen molar-refractivity contribution < 1.29 is 9.53 Å². The average Bonchev–Trinajstić information content (AvgIpc) is 2.55. The minimum atomic E-state index is -0.627. The van der Waals surface area contributed by atoms with Crippen LogP contribution in [0, 0.1) is 0 Å².